The highest BCUT2D eigenvalue weighted by Crippen LogP contribution is 2.46. The van der Waals surface area contributed by atoms with Crippen LogP contribution in [0, 0.1) is 5.92 Å². The summed E-state index contributed by atoms with van der Waals surface area (Å²) in [5.41, 5.74) is 0.571. The third-order valence-electron chi connectivity index (χ3n) is 4.58. The molecule has 0 aliphatic carbocycles. The number of carbonyl (C=O) groups excluding carboxylic acids is 1. The van der Waals surface area contributed by atoms with Gasteiger partial charge in [0.15, 0.2) is 15.0 Å². The quantitative estimate of drug-likeness (QED) is 0.687. The maximum absolute atomic E-state index is 12.3. The van der Waals surface area contributed by atoms with Crippen LogP contribution in [0.4, 0.5) is 5.69 Å². The topological polar surface area (TPSA) is 85.3 Å². The van der Waals surface area contributed by atoms with Crippen LogP contribution in [0.5, 0.6) is 11.5 Å². The second-order valence-electron chi connectivity index (χ2n) is 7.22. The van der Waals surface area contributed by atoms with E-state index in [2.05, 4.69) is 4.99 Å². The van der Waals surface area contributed by atoms with Crippen molar-refractivity contribution in [1.29, 1.82) is 0 Å². The number of fused-ring (bicyclic) bond motifs is 1. The first-order valence-electron chi connectivity index (χ1n) is 8.84. The van der Waals surface area contributed by atoms with E-state index in [0.29, 0.717) is 33.8 Å². The van der Waals surface area contributed by atoms with E-state index in [1.165, 1.54) is 26.0 Å². The van der Waals surface area contributed by atoms with Gasteiger partial charge in [-0.15, -0.1) is 0 Å². The van der Waals surface area contributed by atoms with Gasteiger partial charge < -0.3 is 14.4 Å². The normalized spacial score (nSPS) is 24.6. The lowest BCUT2D eigenvalue weighted by Crippen LogP contribution is -2.38. The highest BCUT2D eigenvalue weighted by atomic mass is 35.5. The van der Waals surface area contributed by atoms with Crippen LogP contribution in [-0.4, -0.2) is 56.5 Å². The van der Waals surface area contributed by atoms with Crippen molar-refractivity contribution < 1.29 is 22.7 Å². The van der Waals surface area contributed by atoms with Gasteiger partial charge >= 0.3 is 0 Å². The van der Waals surface area contributed by atoms with Crippen molar-refractivity contribution in [3.8, 4) is 11.5 Å². The molecule has 1 aromatic rings. The molecule has 1 amide bonds. The predicted molar refractivity (Wildman–Crippen MR) is 113 cm³/mol. The molecule has 2 unspecified atom stereocenters. The molecule has 2 heterocycles. The fourth-order valence-corrected chi connectivity index (χ4v) is 7.54. The van der Waals surface area contributed by atoms with E-state index in [4.69, 9.17) is 21.1 Å². The number of carbonyl (C=O) groups is 1. The number of amidine groups is 1. The number of benzene rings is 1. The Morgan fingerprint density at radius 3 is 2.57 bits per heavy atom. The van der Waals surface area contributed by atoms with Crippen molar-refractivity contribution in [3.05, 3.63) is 17.2 Å². The first-order valence-corrected chi connectivity index (χ1v) is 11.9. The van der Waals surface area contributed by atoms with Gasteiger partial charge in [0.25, 0.3) is 0 Å². The maximum Gasteiger partial charge on any atom is 0.248 e. The summed E-state index contributed by atoms with van der Waals surface area (Å²) in [5.74, 6) is 0.914. The van der Waals surface area contributed by atoms with Gasteiger partial charge in [0, 0.05) is 17.7 Å². The Balaban J connectivity index is 2.08. The minimum atomic E-state index is -3.16. The van der Waals surface area contributed by atoms with Gasteiger partial charge in [-0.3, -0.25) is 4.79 Å². The number of thioether (sulfide) groups is 1. The highest BCUT2D eigenvalue weighted by molar-refractivity contribution is 8.16. The van der Waals surface area contributed by atoms with Crippen LogP contribution in [0.25, 0.3) is 0 Å². The van der Waals surface area contributed by atoms with Crippen molar-refractivity contribution in [2.75, 3.05) is 30.6 Å². The Kier molecular flexibility index (Phi) is 6.17. The molecule has 2 fully saturated rings. The van der Waals surface area contributed by atoms with Crippen molar-refractivity contribution in [2.45, 2.75) is 31.6 Å². The average Bonchev–Trinajstić information content (AvgIpc) is 3.04. The number of halogens is 1. The molecule has 2 aliphatic heterocycles. The number of amides is 1. The molecule has 7 nitrogen and oxygen atoms in total. The van der Waals surface area contributed by atoms with E-state index in [1.807, 2.05) is 13.8 Å². The van der Waals surface area contributed by atoms with Crippen molar-refractivity contribution in [1.82, 2.24) is 0 Å². The van der Waals surface area contributed by atoms with Gasteiger partial charge in [-0.2, -0.15) is 4.99 Å². The number of ether oxygens (including phenoxy) is 2. The Labute approximate surface area is 174 Å². The van der Waals surface area contributed by atoms with Crippen molar-refractivity contribution >= 4 is 50.0 Å². The third kappa shape index (κ3) is 4.26. The maximum atomic E-state index is 12.3. The molecule has 0 saturated carbocycles. The zero-order chi connectivity index (χ0) is 20.6. The van der Waals surface area contributed by atoms with Crippen LogP contribution in [-0.2, 0) is 14.6 Å². The van der Waals surface area contributed by atoms with Crippen LogP contribution in [0.1, 0.15) is 20.3 Å². The summed E-state index contributed by atoms with van der Waals surface area (Å²) >= 11 is 7.64. The van der Waals surface area contributed by atoms with Gasteiger partial charge in [0.2, 0.25) is 5.91 Å². The van der Waals surface area contributed by atoms with E-state index in [-0.39, 0.29) is 34.6 Å². The lowest BCUT2D eigenvalue weighted by atomic mass is 10.1. The van der Waals surface area contributed by atoms with Gasteiger partial charge in [-0.05, 0) is 12.0 Å². The summed E-state index contributed by atoms with van der Waals surface area (Å²) in [6.45, 7) is 3.90. The molecule has 0 radical (unpaired) electrons. The molecule has 3 rings (SSSR count). The standard InChI is InChI=1S/C18H23ClN2O5S2/c1-10(2)5-17(22)20-18-21(13-8-28(23,24)9-16(13)27-18)12-6-11(19)14(25-3)7-15(12)26-4/h6-7,10,13,16H,5,8-9H2,1-4H3. The van der Waals surface area contributed by atoms with Crippen LogP contribution < -0.4 is 14.4 Å². The summed E-state index contributed by atoms with van der Waals surface area (Å²) < 4.78 is 35.1. The summed E-state index contributed by atoms with van der Waals surface area (Å²) in [6, 6.07) is 2.97. The molecule has 2 aliphatic rings. The third-order valence-corrected chi connectivity index (χ3v) is 8.09. The molecular formula is C18H23ClN2O5S2. The molecular weight excluding hydrogens is 424 g/mol. The molecule has 10 heteroatoms. The number of hydrogen-bond acceptors (Lipinski definition) is 6. The van der Waals surface area contributed by atoms with Crippen LogP contribution in [0.2, 0.25) is 5.02 Å². The van der Waals surface area contributed by atoms with E-state index in [1.54, 1.807) is 17.0 Å². The zero-order valence-electron chi connectivity index (χ0n) is 16.1. The largest absolute Gasteiger partial charge is 0.495 e. The van der Waals surface area contributed by atoms with E-state index in [0.717, 1.165) is 0 Å². The van der Waals surface area contributed by atoms with Gasteiger partial charge in [0.05, 0.1) is 42.5 Å². The smallest absolute Gasteiger partial charge is 0.248 e. The fraction of sp³-hybridized carbons (Fsp3) is 0.556. The molecule has 0 bridgehead atoms. The molecule has 1 aromatic carbocycles. The van der Waals surface area contributed by atoms with Crippen LogP contribution in [0.15, 0.2) is 17.1 Å². The second-order valence-corrected chi connectivity index (χ2v) is 11.0. The number of aliphatic imine (C=N–C) groups is 1. The summed E-state index contributed by atoms with van der Waals surface area (Å²) in [4.78, 5) is 18.4. The number of rotatable bonds is 5. The molecule has 154 valence electrons. The van der Waals surface area contributed by atoms with Gasteiger partial charge in [-0.1, -0.05) is 37.2 Å². The van der Waals surface area contributed by atoms with Gasteiger partial charge in [0.1, 0.15) is 11.5 Å². The first-order chi connectivity index (χ1) is 13.1. The van der Waals surface area contributed by atoms with Crippen molar-refractivity contribution in [2.24, 2.45) is 10.9 Å². The number of anilines is 1. The summed E-state index contributed by atoms with van der Waals surface area (Å²) in [7, 11) is -0.145. The van der Waals surface area contributed by atoms with E-state index >= 15 is 0 Å². The lowest BCUT2D eigenvalue weighted by molar-refractivity contribution is -0.118. The molecule has 0 aromatic heterocycles. The molecule has 28 heavy (non-hydrogen) atoms. The molecule has 0 N–H and O–H groups in total. The number of sulfone groups is 1. The highest BCUT2D eigenvalue weighted by Gasteiger charge is 2.50. The monoisotopic (exact) mass is 446 g/mol. The summed E-state index contributed by atoms with van der Waals surface area (Å²) in [5, 5.41) is 0.650. The zero-order valence-corrected chi connectivity index (χ0v) is 18.5. The van der Waals surface area contributed by atoms with Crippen LogP contribution in [0.3, 0.4) is 0 Å². The van der Waals surface area contributed by atoms with Crippen LogP contribution >= 0.6 is 23.4 Å². The number of hydrogen-bond donors (Lipinski definition) is 0. The predicted octanol–water partition coefficient (Wildman–Crippen LogP) is 3.00. The minimum Gasteiger partial charge on any atom is -0.495 e. The fourth-order valence-electron chi connectivity index (χ4n) is 3.38. The van der Waals surface area contributed by atoms with Crippen molar-refractivity contribution in [3.63, 3.8) is 0 Å². The Morgan fingerprint density at radius 1 is 1.29 bits per heavy atom. The SMILES string of the molecule is COc1cc(OC)c(N2C(=NC(=O)CC(C)C)SC3CS(=O)(=O)CC32)cc1Cl. The molecule has 2 atom stereocenters. The minimum absolute atomic E-state index is 0.00510. The summed E-state index contributed by atoms with van der Waals surface area (Å²) in [6.07, 6.45) is 0.325. The lowest BCUT2D eigenvalue weighted by Gasteiger charge is -2.27. The van der Waals surface area contributed by atoms with Gasteiger partial charge in [-0.25, -0.2) is 8.42 Å². The van der Waals surface area contributed by atoms with E-state index in [9.17, 15) is 13.2 Å². The Morgan fingerprint density at radius 2 is 1.96 bits per heavy atom. The molecule has 0 spiro atoms. The second kappa shape index (κ2) is 8.12. The number of nitrogens with zero attached hydrogens (tertiary/aromatic N) is 2. The Bertz CT molecular complexity index is 917. The molecule has 2 saturated heterocycles. The van der Waals surface area contributed by atoms with E-state index < -0.39 is 9.84 Å². The average molecular weight is 447 g/mol. The first kappa shape index (κ1) is 21.3. The Hall–Kier alpha value is -1.45. The number of methoxy groups -OCH3 is 2.